The van der Waals surface area contributed by atoms with Crippen LogP contribution in [0.4, 0.5) is 11.5 Å². The quantitative estimate of drug-likeness (QED) is 0.711. The Morgan fingerprint density at radius 1 is 1.45 bits per heavy atom. The highest BCUT2D eigenvalue weighted by atomic mass is 32.1. The number of hydrogen-bond donors (Lipinski definition) is 2. The number of aryl methyl sites for hydroxylation is 1. The van der Waals surface area contributed by atoms with Crippen molar-refractivity contribution >= 4 is 34.8 Å². The molecule has 3 N–H and O–H groups in total. The number of aliphatic imine (C=N–C) groups is 1. The summed E-state index contributed by atoms with van der Waals surface area (Å²) in [6.07, 6.45) is 5.57. The molecule has 1 saturated heterocycles. The largest absolute Gasteiger partial charge is 0.465 e. The zero-order valence-corrected chi connectivity index (χ0v) is 17.9. The number of carbonyl (C=O) groups is 1. The lowest BCUT2D eigenvalue weighted by molar-refractivity contribution is -0.181. The Bertz CT molecular complexity index is 1120. The summed E-state index contributed by atoms with van der Waals surface area (Å²) < 4.78 is 11.9. The van der Waals surface area contributed by atoms with E-state index < -0.39 is 5.54 Å². The van der Waals surface area contributed by atoms with Crippen molar-refractivity contribution in [2.45, 2.75) is 43.7 Å². The number of hydrogen-bond acceptors (Lipinski definition) is 8. The molecule has 2 fully saturated rings. The molecule has 4 heterocycles. The van der Waals surface area contributed by atoms with Gasteiger partial charge >= 0.3 is 0 Å². The van der Waals surface area contributed by atoms with Crippen LogP contribution in [0.15, 0.2) is 22.6 Å². The van der Waals surface area contributed by atoms with Gasteiger partial charge in [-0.05, 0) is 44.2 Å². The van der Waals surface area contributed by atoms with Crippen LogP contribution in [-0.4, -0.2) is 40.7 Å². The number of pyridine rings is 1. The fourth-order valence-corrected chi connectivity index (χ4v) is 5.52. The van der Waals surface area contributed by atoms with Gasteiger partial charge in [0, 0.05) is 17.5 Å². The molecule has 0 radical (unpaired) electrons. The number of rotatable bonds is 3. The molecule has 1 saturated carbocycles. The van der Waals surface area contributed by atoms with Gasteiger partial charge in [0.2, 0.25) is 5.69 Å². The van der Waals surface area contributed by atoms with Crippen molar-refractivity contribution in [1.29, 1.82) is 0 Å². The summed E-state index contributed by atoms with van der Waals surface area (Å²) in [5.74, 6) is 0.176. The number of nitrogens with one attached hydrogen (secondary N) is 1. The van der Waals surface area contributed by atoms with Crippen LogP contribution in [0.2, 0.25) is 0 Å². The lowest BCUT2D eigenvalue weighted by Gasteiger charge is -2.53. The summed E-state index contributed by atoms with van der Waals surface area (Å²) in [5.41, 5.74) is 6.47. The molecule has 0 unspecified atom stereocenters. The number of ether oxygens (including phenoxy) is 2. The summed E-state index contributed by atoms with van der Waals surface area (Å²) in [6, 6.07) is 1.78. The smallest absolute Gasteiger partial charge is 0.282 e. The average molecular weight is 439 g/mol. The summed E-state index contributed by atoms with van der Waals surface area (Å²) >= 11 is 1.42. The van der Waals surface area contributed by atoms with E-state index in [1.165, 1.54) is 24.0 Å². The summed E-state index contributed by atoms with van der Waals surface area (Å²) in [4.78, 5) is 29.5. The third kappa shape index (κ3) is 3.34. The molecular formula is C21H22N6O3S. The number of aromatic nitrogens is 2. The number of nitrogens with two attached hydrogens (primary N) is 1. The highest BCUT2D eigenvalue weighted by molar-refractivity contribution is 7.10. The first kappa shape index (κ1) is 19.9. The van der Waals surface area contributed by atoms with Gasteiger partial charge in [-0.1, -0.05) is 0 Å². The first-order valence-corrected chi connectivity index (χ1v) is 11.0. The summed E-state index contributed by atoms with van der Waals surface area (Å²) in [7, 11) is 0. The SMILES string of the molecule is [C-]#[N+]c1cnc(C(=O)Nc2csc([C@]34COC5(CCC5)C[C@H]3COC(N)=N4)n2)c(C)c1. The Hall–Kier alpha value is -3.03. The van der Waals surface area contributed by atoms with Crippen LogP contribution in [0.3, 0.4) is 0 Å². The molecule has 5 rings (SSSR count). The maximum atomic E-state index is 12.7. The molecule has 160 valence electrons. The number of carbonyl (C=O) groups excluding carboxylic acids is 1. The van der Waals surface area contributed by atoms with Crippen molar-refractivity contribution in [1.82, 2.24) is 9.97 Å². The number of nitrogens with zero attached hydrogens (tertiary/aromatic N) is 4. The Morgan fingerprint density at radius 3 is 3.00 bits per heavy atom. The van der Waals surface area contributed by atoms with E-state index in [9.17, 15) is 4.79 Å². The van der Waals surface area contributed by atoms with Crippen molar-refractivity contribution in [3.8, 4) is 0 Å². The van der Waals surface area contributed by atoms with E-state index >= 15 is 0 Å². The third-order valence-electron chi connectivity index (χ3n) is 6.42. The van der Waals surface area contributed by atoms with Crippen molar-refractivity contribution in [2.24, 2.45) is 16.6 Å². The van der Waals surface area contributed by atoms with Crippen molar-refractivity contribution in [2.75, 3.05) is 18.5 Å². The summed E-state index contributed by atoms with van der Waals surface area (Å²) in [5, 5.41) is 5.35. The van der Waals surface area contributed by atoms with Gasteiger partial charge in [0.1, 0.15) is 22.1 Å². The van der Waals surface area contributed by atoms with E-state index in [4.69, 9.17) is 21.8 Å². The van der Waals surface area contributed by atoms with E-state index in [1.54, 1.807) is 18.4 Å². The van der Waals surface area contributed by atoms with Gasteiger partial charge < -0.3 is 20.5 Å². The Kier molecular flexibility index (Phi) is 4.68. The minimum atomic E-state index is -0.692. The molecule has 0 aromatic carbocycles. The zero-order valence-electron chi connectivity index (χ0n) is 17.1. The fraction of sp³-hybridized carbons (Fsp3) is 0.476. The molecule has 2 aromatic heterocycles. The fourth-order valence-electron chi connectivity index (χ4n) is 4.56. The first-order valence-electron chi connectivity index (χ1n) is 10.2. The second kappa shape index (κ2) is 7.28. The average Bonchev–Trinajstić information content (AvgIpc) is 3.21. The lowest BCUT2D eigenvalue weighted by Crippen LogP contribution is -2.58. The molecular weight excluding hydrogens is 416 g/mol. The highest BCUT2D eigenvalue weighted by Gasteiger charge is 2.56. The predicted molar refractivity (Wildman–Crippen MR) is 115 cm³/mol. The standard InChI is InChI=1S/C21H22N6O3S/c1-12-6-14(23-2)8-24-16(12)17(28)25-15-10-31-18(26-15)21-11-30-20(4-3-5-20)7-13(21)9-29-19(22)27-21/h6,8,10,13H,3-5,7,9,11H2,1H3,(H2,22,27)(H,25,28)/t13-,21-/m0/s1. The van der Waals surface area contributed by atoms with Gasteiger partial charge in [-0.2, -0.15) is 0 Å². The van der Waals surface area contributed by atoms with Crippen LogP contribution >= 0.6 is 11.3 Å². The molecule has 31 heavy (non-hydrogen) atoms. The molecule has 1 spiro atoms. The van der Waals surface area contributed by atoms with Crippen LogP contribution < -0.4 is 11.1 Å². The minimum absolute atomic E-state index is 0.0614. The first-order chi connectivity index (χ1) is 14.9. The molecule has 1 aliphatic carbocycles. The van der Waals surface area contributed by atoms with Crippen LogP contribution in [0.1, 0.15) is 46.7 Å². The van der Waals surface area contributed by atoms with Gasteiger partial charge in [0.05, 0.1) is 25.4 Å². The molecule has 3 aliphatic rings. The maximum Gasteiger partial charge on any atom is 0.282 e. The minimum Gasteiger partial charge on any atom is -0.465 e. The van der Waals surface area contributed by atoms with E-state index in [-0.39, 0.29) is 29.1 Å². The van der Waals surface area contributed by atoms with E-state index in [2.05, 4.69) is 25.1 Å². The number of amidine groups is 1. The Labute approximate surface area is 183 Å². The molecule has 10 heteroatoms. The Morgan fingerprint density at radius 2 is 2.29 bits per heavy atom. The van der Waals surface area contributed by atoms with E-state index in [0.29, 0.717) is 30.3 Å². The second-order valence-electron chi connectivity index (χ2n) is 8.37. The van der Waals surface area contributed by atoms with Crippen molar-refractivity contribution < 1.29 is 14.3 Å². The highest BCUT2D eigenvalue weighted by Crippen LogP contribution is 2.53. The normalized spacial score (nSPS) is 26.1. The van der Waals surface area contributed by atoms with Gasteiger partial charge in [-0.15, -0.1) is 11.3 Å². The number of amides is 1. The van der Waals surface area contributed by atoms with Gasteiger partial charge in [0.25, 0.3) is 11.9 Å². The lowest BCUT2D eigenvalue weighted by atomic mass is 9.67. The number of fused-ring (bicyclic) bond motifs is 1. The van der Waals surface area contributed by atoms with E-state index in [1.807, 2.05) is 0 Å². The van der Waals surface area contributed by atoms with Crippen LogP contribution in [0.5, 0.6) is 0 Å². The number of anilines is 1. The van der Waals surface area contributed by atoms with E-state index in [0.717, 1.165) is 24.3 Å². The van der Waals surface area contributed by atoms with Gasteiger partial charge in [0.15, 0.2) is 0 Å². The number of thiazole rings is 1. The third-order valence-corrected chi connectivity index (χ3v) is 7.43. The molecule has 0 bridgehead atoms. The predicted octanol–water partition coefficient (Wildman–Crippen LogP) is 3.15. The van der Waals surface area contributed by atoms with Crippen LogP contribution in [0, 0.1) is 19.4 Å². The summed E-state index contributed by atoms with van der Waals surface area (Å²) in [6.45, 7) is 9.70. The molecule has 2 aliphatic heterocycles. The zero-order chi connectivity index (χ0) is 21.6. The monoisotopic (exact) mass is 438 g/mol. The second-order valence-corrected chi connectivity index (χ2v) is 9.23. The topological polar surface area (TPSA) is 116 Å². The molecule has 9 nitrogen and oxygen atoms in total. The molecule has 2 aromatic rings. The van der Waals surface area contributed by atoms with Crippen molar-refractivity contribution in [3.05, 3.63) is 45.3 Å². The maximum absolute atomic E-state index is 12.7. The van der Waals surface area contributed by atoms with Crippen LogP contribution in [-0.2, 0) is 15.0 Å². The molecule has 2 atom stereocenters. The van der Waals surface area contributed by atoms with Crippen LogP contribution in [0.25, 0.3) is 4.85 Å². The van der Waals surface area contributed by atoms with Crippen molar-refractivity contribution in [3.63, 3.8) is 0 Å². The van der Waals surface area contributed by atoms with Gasteiger partial charge in [-0.3, -0.25) is 9.78 Å². The molecule has 1 amide bonds. The van der Waals surface area contributed by atoms with Gasteiger partial charge in [-0.25, -0.2) is 14.8 Å². The Balaban J connectivity index is 1.40.